The van der Waals surface area contributed by atoms with Crippen molar-refractivity contribution in [3.05, 3.63) is 48.3 Å². The Labute approximate surface area is 148 Å². The van der Waals surface area contributed by atoms with Gasteiger partial charge in [0.05, 0.1) is 11.9 Å². The van der Waals surface area contributed by atoms with Crippen molar-refractivity contribution in [1.29, 1.82) is 5.26 Å². The Morgan fingerprint density at radius 1 is 1.04 bits per heavy atom. The Morgan fingerprint density at radius 2 is 1.69 bits per heavy atom. The van der Waals surface area contributed by atoms with Crippen LogP contribution in [-0.4, -0.2) is 30.5 Å². The van der Waals surface area contributed by atoms with Crippen LogP contribution in [0.4, 0.5) is 18.9 Å². The molecule has 0 radical (unpaired) electrons. The van der Waals surface area contributed by atoms with Crippen LogP contribution in [0, 0.1) is 11.3 Å². The predicted molar refractivity (Wildman–Crippen MR) is 87.9 cm³/mol. The molecule has 0 bridgehead atoms. The molecule has 0 N–H and O–H groups in total. The number of aromatic nitrogens is 1. The zero-order valence-corrected chi connectivity index (χ0v) is 13.7. The van der Waals surface area contributed by atoms with E-state index < -0.39 is 6.36 Å². The summed E-state index contributed by atoms with van der Waals surface area (Å²) in [6, 6.07) is 11.0. The number of ether oxygens (including phenoxy) is 2. The number of rotatable bonds is 4. The summed E-state index contributed by atoms with van der Waals surface area (Å²) in [5.41, 5.74) is 1.33. The molecule has 136 valence electrons. The molecule has 3 rings (SSSR count). The highest BCUT2D eigenvalue weighted by atomic mass is 19.4. The molecule has 2 heterocycles. The minimum absolute atomic E-state index is 0.00743. The number of pyridine rings is 1. The topological polar surface area (TPSA) is 58.4 Å². The van der Waals surface area contributed by atoms with Crippen LogP contribution in [0.5, 0.6) is 11.5 Å². The fourth-order valence-electron chi connectivity index (χ4n) is 2.78. The third-order valence-electron chi connectivity index (χ3n) is 4.03. The van der Waals surface area contributed by atoms with Gasteiger partial charge in [-0.25, -0.2) is 4.98 Å². The van der Waals surface area contributed by atoms with Gasteiger partial charge in [0.1, 0.15) is 29.4 Å². The minimum Gasteiger partial charge on any atom is -0.490 e. The lowest BCUT2D eigenvalue weighted by atomic mass is 10.1. The third kappa shape index (κ3) is 4.79. The highest BCUT2D eigenvalue weighted by molar-refractivity contribution is 5.46. The molecule has 1 aliphatic heterocycles. The van der Waals surface area contributed by atoms with Crippen molar-refractivity contribution in [2.24, 2.45) is 0 Å². The van der Waals surface area contributed by atoms with E-state index in [2.05, 4.69) is 14.6 Å². The average Bonchev–Trinajstić information content (AvgIpc) is 2.63. The predicted octanol–water partition coefficient (Wildman–Crippen LogP) is 3.90. The largest absolute Gasteiger partial charge is 0.573 e. The van der Waals surface area contributed by atoms with E-state index in [-0.39, 0.29) is 11.9 Å². The maximum atomic E-state index is 12.2. The maximum Gasteiger partial charge on any atom is 0.573 e. The summed E-state index contributed by atoms with van der Waals surface area (Å²) in [7, 11) is 0. The fraction of sp³-hybridized carbons (Fsp3) is 0.333. The molecule has 0 atom stereocenters. The van der Waals surface area contributed by atoms with Gasteiger partial charge in [0.2, 0.25) is 0 Å². The number of nitriles is 1. The molecule has 26 heavy (non-hydrogen) atoms. The lowest BCUT2D eigenvalue weighted by molar-refractivity contribution is -0.274. The first kappa shape index (κ1) is 17.9. The van der Waals surface area contributed by atoms with E-state index in [1.807, 2.05) is 12.1 Å². The number of alkyl halides is 3. The number of anilines is 1. The van der Waals surface area contributed by atoms with Gasteiger partial charge in [0.15, 0.2) is 0 Å². The Bertz CT molecular complexity index is 762. The van der Waals surface area contributed by atoms with Crippen molar-refractivity contribution >= 4 is 5.69 Å². The highest BCUT2D eigenvalue weighted by Gasteiger charge is 2.31. The van der Waals surface area contributed by atoms with E-state index >= 15 is 0 Å². The zero-order chi connectivity index (χ0) is 18.6. The quantitative estimate of drug-likeness (QED) is 0.825. The second kappa shape index (κ2) is 7.52. The fourth-order valence-corrected chi connectivity index (χ4v) is 2.78. The molecular weight excluding hydrogens is 347 g/mol. The van der Waals surface area contributed by atoms with Gasteiger partial charge < -0.3 is 14.4 Å². The van der Waals surface area contributed by atoms with Gasteiger partial charge in [0, 0.05) is 25.9 Å². The Balaban J connectivity index is 1.51. The number of hydrogen-bond acceptors (Lipinski definition) is 5. The molecule has 0 unspecified atom stereocenters. The van der Waals surface area contributed by atoms with Crippen LogP contribution < -0.4 is 14.4 Å². The van der Waals surface area contributed by atoms with Crippen LogP contribution >= 0.6 is 0 Å². The average molecular weight is 363 g/mol. The summed E-state index contributed by atoms with van der Waals surface area (Å²) in [4.78, 5) is 6.23. The van der Waals surface area contributed by atoms with Crippen molar-refractivity contribution in [3.63, 3.8) is 0 Å². The lowest BCUT2D eigenvalue weighted by Gasteiger charge is -2.33. The smallest absolute Gasteiger partial charge is 0.490 e. The van der Waals surface area contributed by atoms with Crippen molar-refractivity contribution < 1.29 is 22.6 Å². The molecule has 0 spiro atoms. The first-order valence-corrected chi connectivity index (χ1v) is 8.06. The normalized spacial score (nSPS) is 15.4. The molecule has 8 heteroatoms. The maximum absolute atomic E-state index is 12.2. The molecule has 0 amide bonds. The number of halogens is 3. The number of benzene rings is 1. The van der Waals surface area contributed by atoms with Crippen molar-refractivity contribution in [1.82, 2.24) is 4.98 Å². The molecule has 5 nitrogen and oxygen atoms in total. The molecule has 1 aromatic heterocycles. The van der Waals surface area contributed by atoms with E-state index in [0.29, 0.717) is 11.4 Å². The standard InChI is InChI=1S/C18H16F3N3O2/c19-18(20,21)26-17-5-3-15(4-6-17)25-16-7-9-24(10-8-16)14-2-1-13(11-22)23-12-14/h1-6,12,16H,7-10H2. The van der Waals surface area contributed by atoms with Crippen molar-refractivity contribution in [3.8, 4) is 17.6 Å². The Hall–Kier alpha value is -2.95. The van der Waals surface area contributed by atoms with E-state index in [0.717, 1.165) is 31.6 Å². The first-order chi connectivity index (χ1) is 12.4. The van der Waals surface area contributed by atoms with E-state index in [1.165, 1.54) is 24.3 Å². The summed E-state index contributed by atoms with van der Waals surface area (Å²) in [5.74, 6) is 0.242. The third-order valence-corrected chi connectivity index (χ3v) is 4.03. The van der Waals surface area contributed by atoms with Crippen LogP contribution in [0.1, 0.15) is 18.5 Å². The summed E-state index contributed by atoms with van der Waals surface area (Å²) < 4.78 is 46.1. The van der Waals surface area contributed by atoms with Crippen LogP contribution in [0.3, 0.4) is 0 Å². The summed E-state index contributed by atoms with van der Waals surface area (Å²) in [5, 5.41) is 8.78. The Morgan fingerprint density at radius 3 is 2.23 bits per heavy atom. The molecule has 1 saturated heterocycles. The van der Waals surface area contributed by atoms with Crippen LogP contribution in [0.25, 0.3) is 0 Å². The molecule has 0 aliphatic carbocycles. The van der Waals surface area contributed by atoms with Gasteiger partial charge in [0.25, 0.3) is 0 Å². The second-order valence-corrected chi connectivity index (χ2v) is 5.84. The molecule has 0 saturated carbocycles. The first-order valence-electron chi connectivity index (χ1n) is 8.06. The number of nitrogens with zero attached hydrogens (tertiary/aromatic N) is 3. The minimum atomic E-state index is -4.70. The SMILES string of the molecule is N#Cc1ccc(N2CCC(Oc3ccc(OC(F)(F)F)cc3)CC2)cn1. The van der Waals surface area contributed by atoms with Gasteiger partial charge in [-0.1, -0.05) is 0 Å². The summed E-state index contributed by atoms with van der Waals surface area (Å²) in [6.45, 7) is 1.54. The Kier molecular flexibility index (Phi) is 5.16. The van der Waals surface area contributed by atoms with Gasteiger partial charge in [-0.05, 0) is 36.4 Å². The van der Waals surface area contributed by atoms with Crippen LogP contribution in [0.15, 0.2) is 42.6 Å². The summed E-state index contributed by atoms with van der Waals surface area (Å²) >= 11 is 0. The van der Waals surface area contributed by atoms with Gasteiger partial charge in [-0.15, -0.1) is 13.2 Å². The van der Waals surface area contributed by atoms with E-state index in [4.69, 9.17) is 10.00 Å². The van der Waals surface area contributed by atoms with E-state index in [9.17, 15) is 13.2 Å². The molecule has 1 fully saturated rings. The van der Waals surface area contributed by atoms with Crippen molar-refractivity contribution in [2.45, 2.75) is 25.3 Å². The summed E-state index contributed by atoms with van der Waals surface area (Å²) in [6.07, 6.45) is -1.47. The van der Waals surface area contributed by atoms with Crippen LogP contribution in [-0.2, 0) is 0 Å². The van der Waals surface area contributed by atoms with Crippen molar-refractivity contribution in [2.75, 3.05) is 18.0 Å². The molecule has 1 aliphatic rings. The number of piperidine rings is 1. The monoisotopic (exact) mass is 363 g/mol. The van der Waals surface area contributed by atoms with Gasteiger partial charge >= 0.3 is 6.36 Å². The molecule has 2 aromatic rings. The number of hydrogen-bond donors (Lipinski definition) is 0. The molecule has 1 aromatic carbocycles. The second-order valence-electron chi connectivity index (χ2n) is 5.84. The van der Waals surface area contributed by atoms with Crippen LogP contribution in [0.2, 0.25) is 0 Å². The highest BCUT2D eigenvalue weighted by Crippen LogP contribution is 2.27. The van der Waals surface area contributed by atoms with Gasteiger partial charge in [-0.3, -0.25) is 0 Å². The zero-order valence-electron chi connectivity index (χ0n) is 13.7. The van der Waals surface area contributed by atoms with E-state index in [1.54, 1.807) is 12.3 Å². The molecular formula is C18H16F3N3O2. The lowest BCUT2D eigenvalue weighted by Crippen LogP contribution is -2.38. The van der Waals surface area contributed by atoms with Gasteiger partial charge in [-0.2, -0.15) is 5.26 Å².